The number of hydrogen-bond donors (Lipinski definition) is 2. The molecule has 0 saturated heterocycles. The monoisotopic (exact) mass is 270 g/mol. The molecule has 1 saturated carbocycles. The zero-order valence-corrected chi connectivity index (χ0v) is 11.4. The maximum atomic E-state index is 11.8. The highest BCUT2D eigenvalue weighted by Gasteiger charge is 2.43. The number of nitrogens with one attached hydrogen (secondary N) is 1. The van der Waals surface area contributed by atoms with E-state index in [4.69, 9.17) is 10.5 Å². The van der Waals surface area contributed by atoms with E-state index in [0.717, 1.165) is 12.2 Å². The lowest BCUT2D eigenvalue weighted by atomic mass is 10.00. The molecule has 1 aromatic rings. The van der Waals surface area contributed by atoms with Crippen molar-refractivity contribution < 1.29 is 9.53 Å². The van der Waals surface area contributed by atoms with E-state index in [2.05, 4.69) is 15.2 Å². The van der Waals surface area contributed by atoms with E-state index in [0.29, 0.717) is 24.6 Å². The van der Waals surface area contributed by atoms with E-state index in [-0.39, 0.29) is 11.2 Å². The van der Waals surface area contributed by atoms with Gasteiger partial charge in [0.05, 0.1) is 6.61 Å². The second kappa shape index (κ2) is 5.27. The maximum Gasteiger partial charge on any atom is 0.326 e. The minimum absolute atomic E-state index is 0.273. The summed E-state index contributed by atoms with van der Waals surface area (Å²) in [7, 11) is 0. The second-order valence-corrected chi connectivity index (χ2v) is 5.83. The highest BCUT2D eigenvalue weighted by molar-refractivity contribution is 7.99. The molecule has 18 heavy (non-hydrogen) atoms. The molecule has 3 N–H and O–H groups in total. The van der Waals surface area contributed by atoms with Crippen LogP contribution in [0.3, 0.4) is 0 Å². The Kier molecular flexibility index (Phi) is 3.91. The Morgan fingerprint density at radius 1 is 1.72 bits per heavy atom. The van der Waals surface area contributed by atoms with Gasteiger partial charge in [-0.05, 0) is 33.1 Å². The first-order chi connectivity index (χ1) is 8.53. The lowest BCUT2D eigenvalue weighted by Crippen LogP contribution is -2.47. The molecule has 0 spiro atoms. The third-order valence-corrected chi connectivity index (χ3v) is 4.16. The summed E-state index contributed by atoms with van der Waals surface area (Å²) >= 11 is 1.57. The molecule has 0 aromatic carbocycles. The van der Waals surface area contributed by atoms with Gasteiger partial charge in [0, 0.05) is 5.25 Å². The van der Waals surface area contributed by atoms with Gasteiger partial charge in [0.2, 0.25) is 5.16 Å². The van der Waals surface area contributed by atoms with Crippen molar-refractivity contribution in [2.45, 2.75) is 49.1 Å². The Balaban J connectivity index is 1.93. The Morgan fingerprint density at radius 3 is 3.11 bits per heavy atom. The average molecular weight is 270 g/mol. The molecule has 100 valence electrons. The van der Waals surface area contributed by atoms with Crippen LogP contribution in [0.1, 0.15) is 32.0 Å². The van der Waals surface area contributed by atoms with Crippen LogP contribution in [0.25, 0.3) is 0 Å². The van der Waals surface area contributed by atoms with Crippen molar-refractivity contribution in [1.82, 2.24) is 15.2 Å². The number of aromatic amines is 1. The normalized spacial score (nSPS) is 27.4. The Bertz CT molecular complexity index is 436. The number of carbonyl (C=O) groups is 1. The van der Waals surface area contributed by atoms with Crippen LogP contribution < -0.4 is 5.73 Å². The molecule has 1 aliphatic carbocycles. The molecule has 1 fully saturated rings. The Hall–Kier alpha value is -1.08. The molecule has 0 amide bonds. The molecule has 1 aromatic heterocycles. The number of esters is 1. The molecule has 1 aliphatic rings. The number of thioether (sulfide) groups is 1. The first-order valence-electron chi connectivity index (χ1n) is 6.05. The summed E-state index contributed by atoms with van der Waals surface area (Å²) in [5.41, 5.74) is 5.27. The molecule has 7 heteroatoms. The first-order valence-corrected chi connectivity index (χ1v) is 6.93. The number of ether oxygens (including phenoxy) is 1. The van der Waals surface area contributed by atoms with Crippen molar-refractivity contribution in [3.8, 4) is 0 Å². The molecule has 6 nitrogen and oxygen atoms in total. The Morgan fingerprint density at radius 2 is 2.50 bits per heavy atom. The van der Waals surface area contributed by atoms with Gasteiger partial charge in [-0.25, -0.2) is 4.98 Å². The van der Waals surface area contributed by atoms with Crippen LogP contribution in [-0.4, -0.2) is 38.5 Å². The van der Waals surface area contributed by atoms with E-state index < -0.39 is 5.54 Å². The van der Waals surface area contributed by atoms with Crippen LogP contribution in [-0.2, 0) is 9.53 Å². The van der Waals surface area contributed by atoms with E-state index in [1.54, 1.807) is 18.7 Å². The Labute approximate surface area is 110 Å². The summed E-state index contributed by atoms with van der Waals surface area (Å²) in [6, 6.07) is 0. The van der Waals surface area contributed by atoms with Crippen LogP contribution in [0.15, 0.2) is 5.16 Å². The van der Waals surface area contributed by atoms with Gasteiger partial charge >= 0.3 is 5.97 Å². The smallest absolute Gasteiger partial charge is 0.326 e. The number of nitrogens with two attached hydrogens (primary N) is 1. The summed E-state index contributed by atoms with van der Waals surface area (Å²) < 4.78 is 5.02. The number of rotatable bonds is 4. The molecule has 1 heterocycles. The van der Waals surface area contributed by atoms with Crippen LogP contribution in [0.5, 0.6) is 0 Å². The lowest BCUT2D eigenvalue weighted by molar-refractivity contribution is -0.149. The number of H-pyrrole nitrogens is 1. The van der Waals surface area contributed by atoms with E-state index in [9.17, 15) is 4.79 Å². The molecule has 0 radical (unpaired) electrons. The summed E-state index contributed by atoms with van der Waals surface area (Å²) in [6.07, 6.45) is 2.16. The molecule has 2 unspecified atom stereocenters. The standard InChI is InChI=1S/C11H18N4O2S/c1-3-17-9(16)11(12)5-4-8(6-11)18-10-13-7(2)14-15-10/h8H,3-6,12H2,1-2H3,(H,13,14,15). The number of aromatic nitrogens is 3. The average Bonchev–Trinajstić information content (AvgIpc) is 2.88. The highest BCUT2D eigenvalue weighted by Crippen LogP contribution is 2.38. The van der Waals surface area contributed by atoms with Gasteiger partial charge in [0.25, 0.3) is 0 Å². The van der Waals surface area contributed by atoms with Crippen molar-refractivity contribution in [2.75, 3.05) is 6.61 Å². The van der Waals surface area contributed by atoms with Crippen molar-refractivity contribution >= 4 is 17.7 Å². The van der Waals surface area contributed by atoms with E-state index >= 15 is 0 Å². The molecule has 2 rings (SSSR count). The number of aryl methyl sites for hydroxylation is 1. The SMILES string of the molecule is CCOC(=O)C1(N)CCC(Sc2n[nH]c(C)n2)C1. The van der Waals surface area contributed by atoms with Crippen molar-refractivity contribution in [3.05, 3.63) is 5.82 Å². The molecular weight excluding hydrogens is 252 g/mol. The predicted octanol–water partition coefficient (Wildman–Crippen LogP) is 1.02. The molecule has 0 bridgehead atoms. The van der Waals surface area contributed by atoms with Crippen LogP contribution >= 0.6 is 11.8 Å². The summed E-state index contributed by atoms with van der Waals surface area (Å²) in [5, 5.41) is 7.87. The molecular formula is C11H18N4O2S. The zero-order chi connectivity index (χ0) is 13.2. The van der Waals surface area contributed by atoms with Crippen LogP contribution in [0, 0.1) is 6.92 Å². The fourth-order valence-electron chi connectivity index (χ4n) is 2.11. The summed E-state index contributed by atoms with van der Waals surface area (Å²) in [5.74, 6) is 0.499. The largest absolute Gasteiger partial charge is 0.465 e. The van der Waals surface area contributed by atoms with Crippen molar-refractivity contribution in [2.24, 2.45) is 5.73 Å². The van der Waals surface area contributed by atoms with Crippen LogP contribution in [0.4, 0.5) is 0 Å². The maximum absolute atomic E-state index is 11.8. The third kappa shape index (κ3) is 2.84. The van der Waals surface area contributed by atoms with Gasteiger partial charge in [0.1, 0.15) is 11.4 Å². The number of hydrogen-bond acceptors (Lipinski definition) is 6. The van der Waals surface area contributed by atoms with E-state index in [1.165, 1.54) is 0 Å². The van der Waals surface area contributed by atoms with Crippen molar-refractivity contribution in [3.63, 3.8) is 0 Å². The van der Waals surface area contributed by atoms with Gasteiger partial charge in [-0.1, -0.05) is 11.8 Å². The fraction of sp³-hybridized carbons (Fsp3) is 0.727. The van der Waals surface area contributed by atoms with Crippen molar-refractivity contribution in [1.29, 1.82) is 0 Å². The van der Waals surface area contributed by atoms with Crippen LogP contribution in [0.2, 0.25) is 0 Å². The third-order valence-electron chi connectivity index (χ3n) is 3.04. The molecule has 0 aliphatic heterocycles. The second-order valence-electron chi connectivity index (χ2n) is 4.56. The zero-order valence-electron chi connectivity index (χ0n) is 10.6. The minimum atomic E-state index is -0.834. The summed E-state index contributed by atoms with van der Waals surface area (Å²) in [4.78, 5) is 16.0. The van der Waals surface area contributed by atoms with Gasteiger partial charge in [-0.2, -0.15) is 0 Å². The first kappa shape index (κ1) is 13.4. The van der Waals surface area contributed by atoms with Gasteiger partial charge < -0.3 is 10.5 Å². The lowest BCUT2D eigenvalue weighted by Gasteiger charge is -2.21. The molecule has 2 atom stereocenters. The van der Waals surface area contributed by atoms with Gasteiger partial charge in [0.15, 0.2) is 0 Å². The topological polar surface area (TPSA) is 93.9 Å². The minimum Gasteiger partial charge on any atom is -0.465 e. The predicted molar refractivity (Wildman–Crippen MR) is 68.2 cm³/mol. The fourth-order valence-corrected chi connectivity index (χ4v) is 3.32. The highest BCUT2D eigenvalue weighted by atomic mass is 32.2. The van der Waals surface area contributed by atoms with Gasteiger partial charge in [-0.15, -0.1) is 5.10 Å². The number of nitrogens with zero attached hydrogens (tertiary/aromatic N) is 2. The quantitative estimate of drug-likeness (QED) is 0.793. The number of carbonyl (C=O) groups excluding carboxylic acids is 1. The van der Waals surface area contributed by atoms with Gasteiger partial charge in [-0.3, -0.25) is 9.89 Å². The van der Waals surface area contributed by atoms with E-state index in [1.807, 2.05) is 6.92 Å². The summed E-state index contributed by atoms with van der Waals surface area (Å²) in [6.45, 7) is 4.02.